The monoisotopic (exact) mass is 534 g/mol. The highest BCUT2D eigenvalue weighted by atomic mass is 19.1. The second-order valence-corrected chi connectivity index (χ2v) is 7.25. The van der Waals surface area contributed by atoms with E-state index in [0.29, 0.717) is 0 Å². The summed E-state index contributed by atoms with van der Waals surface area (Å²) in [7, 11) is 2.32. The molecule has 0 heterocycles. The number of methoxy groups -OCH3 is 2. The van der Waals surface area contributed by atoms with Crippen molar-refractivity contribution < 1.29 is 57.1 Å². The van der Waals surface area contributed by atoms with Gasteiger partial charge in [-0.05, 0) is 50.2 Å². The molecule has 0 unspecified atom stereocenters. The number of phenolic OH excluding ortho intramolecular Hbond substituents is 2. The second-order valence-electron chi connectivity index (χ2n) is 7.25. The summed E-state index contributed by atoms with van der Waals surface area (Å²) in [6.07, 6.45) is 0. The van der Waals surface area contributed by atoms with Crippen LogP contribution in [-0.4, -0.2) is 61.5 Å². The Kier molecular flexibility index (Phi) is 10.1. The molecule has 0 saturated carbocycles. The average molecular weight is 534 g/mol. The fraction of sp³-hybridized carbons (Fsp3) is 0.231. The molecule has 0 saturated heterocycles. The van der Waals surface area contributed by atoms with Gasteiger partial charge in [0.2, 0.25) is 0 Å². The molecule has 0 aliphatic rings. The van der Waals surface area contributed by atoms with Crippen LogP contribution in [0.15, 0.2) is 36.4 Å². The lowest BCUT2D eigenvalue weighted by atomic mass is 9.97. The lowest BCUT2D eigenvalue weighted by Crippen LogP contribution is -2.15. The van der Waals surface area contributed by atoms with Crippen LogP contribution in [-0.2, 0) is 18.9 Å². The fourth-order valence-corrected chi connectivity index (χ4v) is 3.31. The Hall–Kier alpha value is -4.74. The Bertz CT molecular complexity index is 1380. The van der Waals surface area contributed by atoms with Gasteiger partial charge in [-0.2, -0.15) is 0 Å². The first-order valence-electron chi connectivity index (χ1n) is 11.0. The highest BCUT2D eigenvalue weighted by Gasteiger charge is 2.30. The number of esters is 4. The van der Waals surface area contributed by atoms with Crippen LogP contribution in [0.3, 0.4) is 0 Å². The van der Waals surface area contributed by atoms with Crippen LogP contribution in [0.25, 0.3) is 10.8 Å². The molecule has 0 aromatic heterocycles. The highest BCUT2D eigenvalue weighted by Crippen LogP contribution is 2.40. The van der Waals surface area contributed by atoms with Crippen LogP contribution in [0.1, 0.15) is 55.3 Å². The largest absolute Gasteiger partial charge is 0.506 e. The van der Waals surface area contributed by atoms with Gasteiger partial charge in [-0.3, -0.25) is 0 Å². The van der Waals surface area contributed by atoms with E-state index in [4.69, 9.17) is 9.47 Å². The van der Waals surface area contributed by atoms with Crippen LogP contribution >= 0.6 is 0 Å². The molecule has 0 aliphatic carbocycles. The third kappa shape index (κ3) is 6.33. The zero-order valence-electron chi connectivity index (χ0n) is 20.8. The summed E-state index contributed by atoms with van der Waals surface area (Å²) in [6, 6.07) is 6.37. The number of ether oxygens (including phenoxy) is 4. The van der Waals surface area contributed by atoms with Crippen molar-refractivity contribution in [3.63, 3.8) is 0 Å². The number of carbonyl (C=O) groups excluding carboxylic acids is 4. The van der Waals surface area contributed by atoms with Gasteiger partial charge in [0.15, 0.2) is 0 Å². The van der Waals surface area contributed by atoms with Crippen LogP contribution in [0.4, 0.5) is 8.78 Å². The van der Waals surface area contributed by atoms with E-state index in [-0.39, 0.29) is 35.1 Å². The Morgan fingerprint density at radius 3 is 1.61 bits per heavy atom. The van der Waals surface area contributed by atoms with Crippen molar-refractivity contribution in [2.75, 3.05) is 27.4 Å². The van der Waals surface area contributed by atoms with E-state index >= 15 is 0 Å². The molecule has 0 atom stereocenters. The van der Waals surface area contributed by atoms with E-state index in [1.807, 2.05) is 0 Å². The molecule has 0 spiro atoms. The van der Waals surface area contributed by atoms with E-state index in [1.54, 1.807) is 13.8 Å². The van der Waals surface area contributed by atoms with Gasteiger partial charge in [0.25, 0.3) is 0 Å². The molecule has 2 N–H and O–H groups in total. The smallest absolute Gasteiger partial charge is 0.342 e. The third-order valence-electron chi connectivity index (χ3n) is 4.97. The SMILES string of the molecule is CCOC(=O)c1c(C(=O)OCC)c(O)c2cc(F)ccc2c1O.COC(=O)c1ccc(F)cc1C(=O)OC. The normalized spacial score (nSPS) is 10.2. The van der Waals surface area contributed by atoms with Crippen molar-refractivity contribution in [1.29, 1.82) is 0 Å². The number of benzene rings is 3. The Morgan fingerprint density at radius 1 is 0.658 bits per heavy atom. The number of fused-ring (bicyclic) bond motifs is 1. The predicted molar refractivity (Wildman–Crippen MR) is 128 cm³/mol. The van der Waals surface area contributed by atoms with Crippen molar-refractivity contribution in [1.82, 2.24) is 0 Å². The first-order valence-corrected chi connectivity index (χ1v) is 11.0. The molecular formula is C26H24F2O10. The first kappa shape index (κ1) is 29.5. The molecular weight excluding hydrogens is 510 g/mol. The Balaban J connectivity index is 0.000000293. The molecule has 0 bridgehead atoms. The van der Waals surface area contributed by atoms with E-state index < -0.39 is 58.1 Å². The minimum absolute atomic E-state index is 0.00273. The van der Waals surface area contributed by atoms with Crippen molar-refractivity contribution in [2.45, 2.75) is 13.8 Å². The van der Waals surface area contributed by atoms with Gasteiger partial charge in [-0.25, -0.2) is 28.0 Å². The number of aromatic hydroxyl groups is 2. The van der Waals surface area contributed by atoms with Crippen LogP contribution < -0.4 is 0 Å². The molecule has 0 radical (unpaired) electrons. The second kappa shape index (κ2) is 13.0. The minimum atomic E-state index is -1.02. The average Bonchev–Trinajstić information content (AvgIpc) is 2.90. The molecule has 10 nitrogen and oxygen atoms in total. The molecule has 202 valence electrons. The van der Waals surface area contributed by atoms with E-state index in [9.17, 15) is 38.2 Å². The summed E-state index contributed by atoms with van der Waals surface area (Å²) < 4.78 is 44.7. The standard InChI is InChI=1S/C16H15FO6.C10H9FO4/c1-3-22-15(20)11-12(16(21)23-4-2)14(19)10-7-8(17)5-6-9(10)13(11)18;1-14-9(12)7-4-3-6(11)5-8(7)10(13)15-2/h5-7,18-19H,3-4H2,1-2H3;3-5H,1-2H3. The fourth-order valence-electron chi connectivity index (χ4n) is 3.31. The number of phenols is 2. The number of hydrogen-bond acceptors (Lipinski definition) is 10. The molecule has 3 aromatic carbocycles. The van der Waals surface area contributed by atoms with E-state index in [0.717, 1.165) is 31.4 Å². The van der Waals surface area contributed by atoms with Gasteiger partial charge in [-0.15, -0.1) is 0 Å². The number of rotatable bonds is 6. The van der Waals surface area contributed by atoms with Crippen LogP contribution in [0.5, 0.6) is 11.5 Å². The Morgan fingerprint density at radius 2 is 1.11 bits per heavy atom. The first-order chi connectivity index (χ1) is 18.0. The number of carbonyl (C=O) groups is 4. The number of halogens is 2. The molecule has 0 amide bonds. The Labute approximate surface area is 215 Å². The van der Waals surface area contributed by atoms with Crippen LogP contribution in [0, 0.1) is 11.6 Å². The van der Waals surface area contributed by atoms with Crippen molar-refractivity contribution in [3.8, 4) is 11.5 Å². The summed E-state index contributed by atoms with van der Waals surface area (Å²) in [5.74, 6) is -6.04. The zero-order valence-corrected chi connectivity index (χ0v) is 20.8. The summed E-state index contributed by atoms with van der Waals surface area (Å²) in [5.41, 5.74) is -1.24. The van der Waals surface area contributed by atoms with Crippen molar-refractivity contribution >= 4 is 34.6 Å². The van der Waals surface area contributed by atoms with Gasteiger partial charge in [0.05, 0.1) is 38.6 Å². The molecule has 0 fully saturated rings. The molecule has 3 aromatic rings. The summed E-state index contributed by atoms with van der Waals surface area (Å²) in [5, 5.41) is 20.5. The molecule has 38 heavy (non-hydrogen) atoms. The quantitative estimate of drug-likeness (QED) is 0.269. The van der Waals surface area contributed by atoms with Gasteiger partial charge < -0.3 is 29.2 Å². The summed E-state index contributed by atoms with van der Waals surface area (Å²) in [6.45, 7) is 3.08. The molecule has 3 rings (SSSR count). The van der Waals surface area contributed by atoms with Gasteiger partial charge in [0, 0.05) is 10.8 Å². The van der Waals surface area contributed by atoms with Crippen LogP contribution in [0.2, 0.25) is 0 Å². The summed E-state index contributed by atoms with van der Waals surface area (Å²) in [4.78, 5) is 46.6. The van der Waals surface area contributed by atoms with E-state index in [1.165, 1.54) is 19.2 Å². The maximum Gasteiger partial charge on any atom is 0.342 e. The third-order valence-corrected chi connectivity index (χ3v) is 4.97. The zero-order chi connectivity index (χ0) is 28.6. The maximum absolute atomic E-state index is 13.4. The predicted octanol–water partition coefficient (Wildman–Crippen LogP) is 4.14. The van der Waals surface area contributed by atoms with Gasteiger partial charge in [0.1, 0.15) is 34.3 Å². The van der Waals surface area contributed by atoms with Gasteiger partial charge in [-0.1, -0.05) is 0 Å². The minimum Gasteiger partial charge on any atom is -0.506 e. The topological polar surface area (TPSA) is 146 Å². The summed E-state index contributed by atoms with van der Waals surface area (Å²) >= 11 is 0. The lowest BCUT2D eigenvalue weighted by molar-refractivity contribution is 0.0473. The molecule has 0 aliphatic heterocycles. The highest BCUT2D eigenvalue weighted by molar-refractivity contribution is 6.14. The number of hydrogen-bond donors (Lipinski definition) is 2. The van der Waals surface area contributed by atoms with E-state index in [2.05, 4.69) is 9.47 Å². The maximum atomic E-state index is 13.4. The van der Waals surface area contributed by atoms with Crippen molar-refractivity contribution in [2.24, 2.45) is 0 Å². The lowest BCUT2D eigenvalue weighted by Gasteiger charge is -2.15. The molecule has 12 heteroatoms. The van der Waals surface area contributed by atoms with Gasteiger partial charge >= 0.3 is 23.9 Å². The van der Waals surface area contributed by atoms with Crippen molar-refractivity contribution in [3.05, 3.63) is 70.3 Å².